The minimum Gasteiger partial charge on any atom is -0.262 e. The average Bonchev–Trinajstić information content (AvgIpc) is 2.91. The van der Waals surface area contributed by atoms with Gasteiger partial charge in [0, 0.05) is 17.7 Å². The maximum Gasteiger partial charge on any atom is 0.169 e. The summed E-state index contributed by atoms with van der Waals surface area (Å²) in [6.07, 6.45) is 0.814. The van der Waals surface area contributed by atoms with E-state index in [2.05, 4.69) is 45.7 Å². The molecular formula is C17H18N4. The lowest BCUT2D eigenvalue weighted by molar-refractivity contribution is 0.859. The third-order valence-corrected chi connectivity index (χ3v) is 3.39. The van der Waals surface area contributed by atoms with Crippen molar-refractivity contribution in [3.8, 4) is 17.2 Å². The van der Waals surface area contributed by atoms with Gasteiger partial charge in [0.1, 0.15) is 11.6 Å². The summed E-state index contributed by atoms with van der Waals surface area (Å²) in [5.41, 5.74) is 3.23. The highest BCUT2D eigenvalue weighted by atomic mass is 15.3. The van der Waals surface area contributed by atoms with Crippen LogP contribution in [0.3, 0.4) is 0 Å². The molecule has 3 aromatic rings. The molecule has 1 aromatic carbocycles. The van der Waals surface area contributed by atoms with Gasteiger partial charge >= 0.3 is 0 Å². The summed E-state index contributed by atoms with van der Waals surface area (Å²) in [7, 11) is 0. The van der Waals surface area contributed by atoms with Crippen LogP contribution in [-0.4, -0.2) is 19.7 Å². The number of rotatable bonds is 3. The molecule has 21 heavy (non-hydrogen) atoms. The standard InChI is InChI=1S/C17H18N4/c1-4-15-19-20-17(14-8-6-5-7-9-14)21(15)16-11-12(2)10-13(3)18-16/h5-11H,4H2,1-3H3. The average molecular weight is 278 g/mol. The summed E-state index contributed by atoms with van der Waals surface area (Å²) in [6.45, 7) is 6.17. The fraction of sp³-hybridized carbons (Fsp3) is 0.235. The van der Waals surface area contributed by atoms with Gasteiger partial charge in [0.05, 0.1) is 0 Å². The Balaban J connectivity index is 2.23. The van der Waals surface area contributed by atoms with Crippen LogP contribution in [0.15, 0.2) is 42.5 Å². The van der Waals surface area contributed by atoms with E-state index in [1.807, 2.05) is 37.3 Å². The van der Waals surface area contributed by atoms with Crippen LogP contribution in [-0.2, 0) is 6.42 Å². The lowest BCUT2D eigenvalue weighted by Crippen LogP contribution is -2.06. The molecule has 0 aliphatic carbocycles. The van der Waals surface area contributed by atoms with Crippen molar-refractivity contribution in [1.82, 2.24) is 19.7 Å². The van der Waals surface area contributed by atoms with E-state index in [0.717, 1.165) is 35.1 Å². The van der Waals surface area contributed by atoms with Gasteiger partial charge in [0.15, 0.2) is 5.82 Å². The first kappa shape index (κ1) is 13.5. The monoisotopic (exact) mass is 278 g/mol. The minimum absolute atomic E-state index is 0.814. The zero-order valence-electron chi connectivity index (χ0n) is 12.5. The van der Waals surface area contributed by atoms with Crippen LogP contribution in [0.5, 0.6) is 0 Å². The minimum atomic E-state index is 0.814. The summed E-state index contributed by atoms with van der Waals surface area (Å²) >= 11 is 0. The molecule has 0 saturated carbocycles. The van der Waals surface area contributed by atoms with E-state index < -0.39 is 0 Å². The lowest BCUT2D eigenvalue weighted by atomic mass is 10.2. The quantitative estimate of drug-likeness (QED) is 0.736. The Morgan fingerprint density at radius 1 is 1.00 bits per heavy atom. The highest BCUT2D eigenvalue weighted by molar-refractivity contribution is 5.58. The second kappa shape index (κ2) is 5.48. The Kier molecular flexibility index (Phi) is 3.52. The number of hydrogen-bond acceptors (Lipinski definition) is 3. The molecule has 2 heterocycles. The van der Waals surface area contributed by atoms with E-state index in [1.54, 1.807) is 0 Å². The Labute approximate surface area is 124 Å². The van der Waals surface area contributed by atoms with Crippen molar-refractivity contribution in [1.29, 1.82) is 0 Å². The van der Waals surface area contributed by atoms with E-state index in [9.17, 15) is 0 Å². The third kappa shape index (κ3) is 2.57. The predicted molar refractivity (Wildman–Crippen MR) is 83.4 cm³/mol. The van der Waals surface area contributed by atoms with Gasteiger partial charge in [-0.2, -0.15) is 0 Å². The molecule has 0 N–H and O–H groups in total. The third-order valence-electron chi connectivity index (χ3n) is 3.39. The Bertz CT molecular complexity index is 739. The highest BCUT2D eigenvalue weighted by Crippen LogP contribution is 2.22. The van der Waals surface area contributed by atoms with E-state index >= 15 is 0 Å². The molecule has 106 valence electrons. The van der Waals surface area contributed by atoms with Gasteiger partial charge in [-0.15, -0.1) is 10.2 Å². The number of nitrogens with zero attached hydrogens (tertiary/aromatic N) is 4. The molecule has 2 aromatic heterocycles. The predicted octanol–water partition coefficient (Wildman–Crippen LogP) is 3.51. The van der Waals surface area contributed by atoms with Crippen LogP contribution in [0.2, 0.25) is 0 Å². The number of pyridine rings is 1. The highest BCUT2D eigenvalue weighted by Gasteiger charge is 2.15. The first-order valence-electron chi connectivity index (χ1n) is 7.14. The zero-order chi connectivity index (χ0) is 14.8. The molecule has 0 unspecified atom stereocenters. The smallest absolute Gasteiger partial charge is 0.169 e. The van der Waals surface area contributed by atoms with Crippen molar-refractivity contribution >= 4 is 0 Å². The second-order valence-electron chi connectivity index (χ2n) is 5.14. The van der Waals surface area contributed by atoms with Gasteiger partial charge in [0.25, 0.3) is 0 Å². The van der Waals surface area contributed by atoms with Crippen molar-refractivity contribution in [3.05, 3.63) is 59.5 Å². The molecule has 4 heteroatoms. The Hall–Kier alpha value is -2.49. The fourth-order valence-corrected chi connectivity index (χ4v) is 2.49. The Morgan fingerprint density at radius 3 is 2.43 bits per heavy atom. The summed E-state index contributed by atoms with van der Waals surface area (Å²) < 4.78 is 2.05. The van der Waals surface area contributed by atoms with Crippen molar-refractivity contribution in [2.24, 2.45) is 0 Å². The molecule has 0 radical (unpaired) electrons. The molecule has 0 aliphatic heterocycles. The van der Waals surface area contributed by atoms with Gasteiger partial charge in [0.2, 0.25) is 0 Å². The fourth-order valence-electron chi connectivity index (χ4n) is 2.49. The van der Waals surface area contributed by atoms with Crippen LogP contribution in [0.1, 0.15) is 24.0 Å². The van der Waals surface area contributed by atoms with Crippen LogP contribution >= 0.6 is 0 Å². The molecule has 0 aliphatic rings. The molecule has 0 spiro atoms. The molecule has 0 saturated heterocycles. The van der Waals surface area contributed by atoms with Crippen LogP contribution in [0, 0.1) is 13.8 Å². The van der Waals surface area contributed by atoms with Crippen molar-refractivity contribution in [3.63, 3.8) is 0 Å². The summed E-state index contributed by atoms with van der Waals surface area (Å²) in [5.74, 6) is 2.64. The van der Waals surface area contributed by atoms with Gasteiger partial charge in [-0.1, -0.05) is 37.3 Å². The summed E-state index contributed by atoms with van der Waals surface area (Å²) in [5, 5.41) is 8.69. The summed E-state index contributed by atoms with van der Waals surface area (Å²) in [6, 6.07) is 14.2. The number of benzene rings is 1. The number of aromatic nitrogens is 4. The first-order valence-corrected chi connectivity index (χ1v) is 7.14. The van der Waals surface area contributed by atoms with Gasteiger partial charge in [-0.25, -0.2) is 4.98 Å². The van der Waals surface area contributed by atoms with E-state index in [0.29, 0.717) is 0 Å². The number of hydrogen-bond donors (Lipinski definition) is 0. The van der Waals surface area contributed by atoms with Crippen molar-refractivity contribution < 1.29 is 0 Å². The van der Waals surface area contributed by atoms with E-state index in [4.69, 9.17) is 0 Å². The van der Waals surface area contributed by atoms with Crippen molar-refractivity contribution in [2.75, 3.05) is 0 Å². The van der Waals surface area contributed by atoms with Crippen LogP contribution < -0.4 is 0 Å². The van der Waals surface area contributed by atoms with E-state index in [-0.39, 0.29) is 0 Å². The van der Waals surface area contributed by atoms with Gasteiger partial charge < -0.3 is 0 Å². The maximum atomic E-state index is 4.65. The normalized spacial score (nSPS) is 10.8. The van der Waals surface area contributed by atoms with Crippen LogP contribution in [0.4, 0.5) is 0 Å². The topological polar surface area (TPSA) is 43.6 Å². The number of aryl methyl sites for hydroxylation is 3. The molecule has 0 fully saturated rings. The van der Waals surface area contributed by atoms with Gasteiger partial charge in [-0.05, 0) is 31.5 Å². The molecule has 0 bridgehead atoms. The molecule has 0 atom stereocenters. The zero-order valence-corrected chi connectivity index (χ0v) is 12.5. The van der Waals surface area contributed by atoms with E-state index in [1.165, 1.54) is 5.56 Å². The van der Waals surface area contributed by atoms with Crippen LogP contribution in [0.25, 0.3) is 17.2 Å². The first-order chi connectivity index (χ1) is 10.2. The Morgan fingerprint density at radius 2 is 1.76 bits per heavy atom. The lowest BCUT2D eigenvalue weighted by Gasteiger charge is -2.10. The van der Waals surface area contributed by atoms with Crippen molar-refractivity contribution in [2.45, 2.75) is 27.2 Å². The maximum absolute atomic E-state index is 4.65. The largest absolute Gasteiger partial charge is 0.262 e. The summed E-state index contributed by atoms with van der Waals surface area (Å²) in [4.78, 5) is 4.65. The molecular weight excluding hydrogens is 260 g/mol. The molecule has 3 rings (SSSR count). The molecule has 0 amide bonds. The second-order valence-corrected chi connectivity index (χ2v) is 5.14. The van der Waals surface area contributed by atoms with Gasteiger partial charge in [-0.3, -0.25) is 4.57 Å². The SMILES string of the molecule is CCc1nnc(-c2ccccc2)n1-c1cc(C)cc(C)n1. The molecule has 4 nitrogen and oxygen atoms in total.